The SMILES string of the molecule is Cc1cc(OC(=O)c2ccc(N3C(=O)CCC3=O)cc2)c(C(C)C)cc1Cl. The Bertz CT molecular complexity index is 903. The lowest BCUT2D eigenvalue weighted by atomic mass is 10.0. The van der Waals surface area contributed by atoms with Gasteiger partial charge in [0.2, 0.25) is 11.8 Å². The molecular weight excluding hydrogens is 366 g/mol. The van der Waals surface area contributed by atoms with Gasteiger partial charge in [0.15, 0.2) is 0 Å². The lowest BCUT2D eigenvalue weighted by Crippen LogP contribution is -2.28. The largest absolute Gasteiger partial charge is 0.423 e. The van der Waals surface area contributed by atoms with Gasteiger partial charge in [-0.25, -0.2) is 4.79 Å². The summed E-state index contributed by atoms with van der Waals surface area (Å²) in [7, 11) is 0. The van der Waals surface area contributed by atoms with Crippen LogP contribution in [-0.2, 0) is 9.59 Å². The molecule has 2 amide bonds. The zero-order valence-corrected chi connectivity index (χ0v) is 16.2. The number of hydrogen-bond donors (Lipinski definition) is 0. The van der Waals surface area contributed by atoms with Crippen LogP contribution in [0.1, 0.15) is 54.1 Å². The van der Waals surface area contributed by atoms with E-state index < -0.39 is 5.97 Å². The van der Waals surface area contributed by atoms with Crippen molar-refractivity contribution in [1.82, 2.24) is 0 Å². The van der Waals surface area contributed by atoms with Gasteiger partial charge < -0.3 is 4.74 Å². The minimum Gasteiger partial charge on any atom is -0.423 e. The van der Waals surface area contributed by atoms with E-state index in [2.05, 4.69) is 0 Å². The second kappa shape index (κ2) is 7.53. The molecule has 1 aliphatic heterocycles. The molecule has 1 saturated heterocycles. The summed E-state index contributed by atoms with van der Waals surface area (Å²) in [6, 6.07) is 9.83. The molecule has 6 heteroatoms. The van der Waals surface area contributed by atoms with Gasteiger partial charge in [-0.1, -0.05) is 25.4 Å². The number of esters is 1. The highest BCUT2D eigenvalue weighted by Gasteiger charge is 2.30. The lowest BCUT2D eigenvalue weighted by molar-refractivity contribution is -0.121. The quantitative estimate of drug-likeness (QED) is 0.436. The topological polar surface area (TPSA) is 63.7 Å². The van der Waals surface area contributed by atoms with E-state index in [1.807, 2.05) is 26.8 Å². The molecule has 0 spiro atoms. The summed E-state index contributed by atoms with van der Waals surface area (Å²) in [4.78, 5) is 37.3. The highest BCUT2D eigenvalue weighted by molar-refractivity contribution is 6.31. The van der Waals surface area contributed by atoms with Crippen LogP contribution in [0.2, 0.25) is 5.02 Å². The van der Waals surface area contributed by atoms with Crippen LogP contribution in [0.15, 0.2) is 36.4 Å². The van der Waals surface area contributed by atoms with Crippen molar-refractivity contribution in [2.24, 2.45) is 0 Å². The fourth-order valence-electron chi connectivity index (χ4n) is 2.98. The van der Waals surface area contributed by atoms with E-state index in [1.165, 1.54) is 0 Å². The number of carbonyl (C=O) groups excluding carboxylic acids is 3. The normalized spacial score (nSPS) is 14.2. The smallest absolute Gasteiger partial charge is 0.343 e. The van der Waals surface area contributed by atoms with E-state index in [0.29, 0.717) is 22.0 Å². The molecule has 2 aromatic carbocycles. The van der Waals surface area contributed by atoms with Gasteiger partial charge >= 0.3 is 5.97 Å². The van der Waals surface area contributed by atoms with Gasteiger partial charge in [0.25, 0.3) is 0 Å². The molecule has 1 fully saturated rings. The third-order valence-electron chi connectivity index (χ3n) is 4.53. The summed E-state index contributed by atoms with van der Waals surface area (Å²) in [6.07, 6.45) is 0.438. The summed E-state index contributed by atoms with van der Waals surface area (Å²) >= 11 is 6.19. The van der Waals surface area contributed by atoms with Crippen molar-refractivity contribution in [2.45, 2.75) is 39.5 Å². The van der Waals surface area contributed by atoms with Crippen LogP contribution >= 0.6 is 11.6 Å². The van der Waals surface area contributed by atoms with Crippen molar-refractivity contribution < 1.29 is 19.1 Å². The van der Waals surface area contributed by atoms with Crippen LogP contribution in [0.4, 0.5) is 5.69 Å². The average Bonchev–Trinajstić information content (AvgIpc) is 2.96. The van der Waals surface area contributed by atoms with E-state index in [0.717, 1.165) is 16.0 Å². The van der Waals surface area contributed by atoms with Gasteiger partial charge in [-0.2, -0.15) is 0 Å². The molecule has 1 aliphatic rings. The molecule has 0 radical (unpaired) electrons. The summed E-state index contributed by atoms with van der Waals surface area (Å²) in [5, 5.41) is 0.628. The molecular formula is C21H20ClNO4. The predicted molar refractivity (Wildman–Crippen MR) is 103 cm³/mol. The Balaban J connectivity index is 1.82. The highest BCUT2D eigenvalue weighted by atomic mass is 35.5. The average molecular weight is 386 g/mol. The molecule has 0 bridgehead atoms. The fourth-order valence-corrected chi connectivity index (χ4v) is 3.15. The first-order valence-electron chi connectivity index (χ1n) is 8.76. The van der Waals surface area contributed by atoms with Crippen molar-refractivity contribution in [2.75, 3.05) is 4.90 Å². The number of aryl methyl sites for hydroxylation is 1. The molecule has 140 valence electrons. The first-order chi connectivity index (χ1) is 12.8. The first kappa shape index (κ1) is 19.1. The fraction of sp³-hybridized carbons (Fsp3) is 0.286. The standard InChI is InChI=1S/C21H20ClNO4/c1-12(2)16-11-17(22)13(3)10-18(16)27-21(26)14-4-6-15(7-5-14)23-19(24)8-9-20(23)25/h4-7,10-12H,8-9H2,1-3H3. The lowest BCUT2D eigenvalue weighted by Gasteiger charge is -2.16. The number of amides is 2. The van der Waals surface area contributed by atoms with Gasteiger partial charge in [-0.05, 0) is 60.4 Å². The molecule has 0 saturated carbocycles. The Labute approximate surface area is 162 Å². The van der Waals surface area contributed by atoms with Crippen molar-refractivity contribution in [3.05, 3.63) is 58.1 Å². The van der Waals surface area contributed by atoms with E-state index >= 15 is 0 Å². The molecule has 5 nitrogen and oxygen atoms in total. The molecule has 2 aromatic rings. The molecule has 0 atom stereocenters. The van der Waals surface area contributed by atoms with Gasteiger partial charge in [-0.3, -0.25) is 14.5 Å². The predicted octanol–water partition coefficient (Wildman–Crippen LogP) is 4.64. The maximum Gasteiger partial charge on any atom is 0.343 e. The number of halogens is 1. The number of anilines is 1. The number of benzene rings is 2. The van der Waals surface area contributed by atoms with Crippen LogP contribution in [0.3, 0.4) is 0 Å². The number of imide groups is 1. The van der Waals surface area contributed by atoms with Crippen LogP contribution in [0.25, 0.3) is 0 Å². The second-order valence-corrected chi connectivity index (χ2v) is 7.26. The Kier molecular flexibility index (Phi) is 5.33. The second-order valence-electron chi connectivity index (χ2n) is 6.85. The molecule has 0 aliphatic carbocycles. The minimum absolute atomic E-state index is 0.139. The summed E-state index contributed by atoms with van der Waals surface area (Å²) in [6.45, 7) is 5.84. The molecule has 27 heavy (non-hydrogen) atoms. The summed E-state index contributed by atoms with van der Waals surface area (Å²) < 4.78 is 5.59. The zero-order valence-electron chi connectivity index (χ0n) is 15.4. The maximum atomic E-state index is 12.5. The van der Waals surface area contributed by atoms with E-state index in [-0.39, 0.29) is 30.6 Å². The van der Waals surface area contributed by atoms with Gasteiger partial charge in [-0.15, -0.1) is 0 Å². The monoisotopic (exact) mass is 385 g/mol. The molecule has 0 unspecified atom stereocenters. The zero-order chi connectivity index (χ0) is 19.7. The number of hydrogen-bond acceptors (Lipinski definition) is 4. The Morgan fingerprint density at radius 3 is 2.22 bits per heavy atom. The van der Waals surface area contributed by atoms with Crippen LogP contribution in [0.5, 0.6) is 5.75 Å². The summed E-state index contributed by atoms with van der Waals surface area (Å²) in [5.74, 6) is -0.349. The van der Waals surface area contributed by atoms with Crippen LogP contribution in [0, 0.1) is 6.92 Å². The first-order valence-corrected chi connectivity index (χ1v) is 9.13. The van der Waals surface area contributed by atoms with Crippen molar-refractivity contribution >= 4 is 35.1 Å². The summed E-state index contributed by atoms with van der Waals surface area (Å²) in [5.41, 5.74) is 2.47. The molecule has 3 rings (SSSR count). The number of rotatable bonds is 4. The highest BCUT2D eigenvalue weighted by Crippen LogP contribution is 2.32. The third kappa shape index (κ3) is 3.88. The number of ether oxygens (including phenoxy) is 1. The van der Waals surface area contributed by atoms with E-state index in [4.69, 9.17) is 16.3 Å². The number of carbonyl (C=O) groups is 3. The van der Waals surface area contributed by atoms with Crippen molar-refractivity contribution in [3.8, 4) is 5.75 Å². The molecule has 1 heterocycles. The van der Waals surface area contributed by atoms with Crippen molar-refractivity contribution in [3.63, 3.8) is 0 Å². The van der Waals surface area contributed by atoms with Crippen LogP contribution < -0.4 is 9.64 Å². The number of nitrogens with zero attached hydrogens (tertiary/aromatic N) is 1. The Morgan fingerprint density at radius 2 is 1.67 bits per heavy atom. The van der Waals surface area contributed by atoms with Crippen molar-refractivity contribution in [1.29, 1.82) is 0 Å². The van der Waals surface area contributed by atoms with Gasteiger partial charge in [0.05, 0.1) is 11.3 Å². The Hall–Kier alpha value is -2.66. The van der Waals surface area contributed by atoms with E-state index in [1.54, 1.807) is 30.3 Å². The minimum atomic E-state index is -0.510. The van der Waals surface area contributed by atoms with Gasteiger partial charge in [0, 0.05) is 17.9 Å². The van der Waals surface area contributed by atoms with Crippen LogP contribution in [-0.4, -0.2) is 17.8 Å². The third-order valence-corrected chi connectivity index (χ3v) is 4.94. The maximum absolute atomic E-state index is 12.5. The Morgan fingerprint density at radius 1 is 1.07 bits per heavy atom. The van der Waals surface area contributed by atoms with E-state index in [9.17, 15) is 14.4 Å². The van der Waals surface area contributed by atoms with Gasteiger partial charge in [0.1, 0.15) is 5.75 Å². The molecule has 0 aromatic heterocycles. The molecule has 0 N–H and O–H groups in total.